The van der Waals surface area contributed by atoms with Crippen LogP contribution in [0.1, 0.15) is 32.1 Å². The number of ether oxygens (including phenoxy) is 2. The summed E-state index contributed by atoms with van der Waals surface area (Å²) in [6.45, 7) is 0.832. The quantitative estimate of drug-likeness (QED) is 0.515. The first-order chi connectivity index (χ1) is 13.2. The SMILES string of the molecule is N#CCCCOC1C[C@H]2C[C@H](O)[C@@H](C=CC(O)COc3ccccc3)[C@@H]2C1. The van der Waals surface area contributed by atoms with Crippen molar-refractivity contribution < 1.29 is 19.7 Å². The van der Waals surface area contributed by atoms with E-state index < -0.39 is 6.10 Å². The molecule has 2 N–H and O–H groups in total. The van der Waals surface area contributed by atoms with E-state index in [0.29, 0.717) is 24.9 Å². The smallest absolute Gasteiger partial charge is 0.119 e. The molecule has 0 amide bonds. The van der Waals surface area contributed by atoms with Gasteiger partial charge in [0, 0.05) is 18.9 Å². The van der Waals surface area contributed by atoms with E-state index in [9.17, 15) is 10.2 Å². The number of hydrogen-bond donors (Lipinski definition) is 2. The van der Waals surface area contributed by atoms with Gasteiger partial charge < -0.3 is 19.7 Å². The summed E-state index contributed by atoms with van der Waals surface area (Å²) in [5.41, 5.74) is 0. The molecule has 2 saturated carbocycles. The number of hydrogen-bond acceptors (Lipinski definition) is 5. The number of unbranched alkanes of at least 4 members (excludes halogenated alkanes) is 1. The first kappa shape index (κ1) is 19.9. The van der Waals surface area contributed by atoms with Crippen LogP contribution in [0.25, 0.3) is 0 Å². The molecule has 6 atom stereocenters. The molecule has 146 valence electrons. The Labute approximate surface area is 161 Å². The number of aliphatic hydroxyl groups excluding tert-OH is 2. The summed E-state index contributed by atoms with van der Waals surface area (Å²) in [5.74, 6) is 1.68. The van der Waals surface area contributed by atoms with E-state index >= 15 is 0 Å². The summed E-state index contributed by atoms with van der Waals surface area (Å²) < 4.78 is 11.5. The Hall–Kier alpha value is -1.87. The van der Waals surface area contributed by atoms with E-state index in [-0.39, 0.29) is 24.7 Å². The molecule has 1 aromatic rings. The standard InChI is InChI=1S/C22H29NO4/c23-10-4-5-11-26-19-12-16-13-22(25)20(21(16)14-19)9-8-17(24)15-27-18-6-2-1-3-7-18/h1-3,6-9,16-17,19-22,24-25H,4-5,11-15H2/t16-,17?,19?,20-,21+,22-/m0/s1. The van der Waals surface area contributed by atoms with Crippen molar-refractivity contribution in [3.8, 4) is 11.8 Å². The molecule has 0 aliphatic heterocycles. The number of fused-ring (bicyclic) bond motifs is 1. The molecular weight excluding hydrogens is 342 g/mol. The molecule has 27 heavy (non-hydrogen) atoms. The maximum atomic E-state index is 10.4. The van der Waals surface area contributed by atoms with Gasteiger partial charge in [0.2, 0.25) is 0 Å². The molecule has 0 saturated heterocycles. The Morgan fingerprint density at radius 2 is 2.04 bits per heavy atom. The Morgan fingerprint density at radius 1 is 1.22 bits per heavy atom. The van der Waals surface area contributed by atoms with E-state index in [0.717, 1.165) is 31.4 Å². The number of aliphatic hydroxyl groups is 2. The van der Waals surface area contributed by atoms with Crippen molar-refractivity contribution in [3.05, 3.63) is 42.5 Å². The molecule has 2 aliphatic carbocycles. The lowest BCUT2D eigenvalue weighted by atomic mass is 9.90. The van der Waals surface area contributed by atoms with Crippen LogP contribution >= 0.6 is 0 Å². The summed E-state index contributed by atoms with van der Waals surface area (Å²) >= 11 is 0. The van der Waals surface area contributed by atoms with Crippen molar-refractivity contribution in [2.45, 2.75) is 50.4 Å². The molecule has 5 heteroatoms. The van der Waals surface area contributed by atoms with Crippen LogP contribution in [0.2, 0.25) is 0 Å². The van der Waals surface area contributed by atoms with Crippen LogP contribution in [0, 0.1) is 29.1 Å². The highest BCUT2D eigenvalue weighted by Gasteiger charge is 2.47. The highest BCUT2D eigenvalue weighted by molar-refractivity contribution is 5.21. The number of nitriles is 1. The lowest BCUT2D eigenvalue weighted by Gasteiger charge is -2.19. The summed E-state index contributed by atoms with van der Waals surface area (Å²) in [6, 6.07) is 11.6. The van der Waals surface area contributed by atoms with Crippen LogP contribution in [-0.4, -0.2) is 41.7 Å². The lowest BCUT2D eigenvalue weighted by Crippen LogP contribution is -2.21. The van der Waals surface area contributed by atoms with E-state index in [1.807, 2.05) is 36.4 Å². The molecule has 2 aliphatic rings. The minimum Gasteiger partial charge on any atom is -0.491 e. The zero-order valence-electron chi connectivity index (χ0n) is 15.6. The highest BCUT2D eigenvalue weighted by Crippen LogP contribution is 2.49. The van der Waals surface area contributed by atoms with Crippen LogP contribution in [0.3, 0.4) is 0 Å². The van der Waals surface area contributed by atoms with Crippen molar-refractivity contribution in [3.63, 3.8) is 0 Å². The zero-order chi connectivity index (χ0) is 19.1. The van der Waals surface area contributed by atoms with Crippen LogP contribution < -0.4 is 4.74 Å². The van der Waals surface area contributed by atoms with Crippen molar-refractivity contribution >= 4 is 0 Å². The van der Waals surface area contributed by atoms with Crippen molar-refractivity contribution in [1.82, 2.24) is 0 Å². The minimum atomic E-state index is -0.698. The largest absolute Gasteiger partial charge is 0.491 e. The number of benzene rings is 1. The second kappa shape index (κ2) is 9.89. The lowest BCUT2D eigenvalue weighted by molar-refractivity contribution is 0.0426. The third kappa shape index (κ3) is 5.55. The third-order valence-corrected chi connectivity index (χ3v) is 5.70. The highest BCUT2D eigenvalue weighted by atomic mass is 16.5. The predicted octanol–water partition coefficient (Wildman–Crippen LogP) is 3.08. The van der Waals surface area contributed by atoms with Gasteiger partial charge in [0.05, 0.1) is 18.3 Å². The molecule has 0 spiro atoms. The number of para-hydroxylation sites is 1. The van der Waals surface area contributed by atoms with E-state index in [4.69, 9.17) is 14.7 Å². The van der Waals surface area contributed by atoms with Crippen molar-refractivity contribution in [2.75, 3.05) is 13.2 Å². The first-order valence-corrected chi connectivity index (χ1v) is 9.88. The maximum absolute atomic E-state index is 10.4. The molecule has 5 nitrogen and oxygen atoms in total. The molecule has 0 radical (unpaired) electrons. The average Bonchev–Trinajstić information content (AvgIpc) is 3.19. The van der Waals surface area contributed by atoms with Gasteiger partial charge in [-0.1, -0.05) is 30.4 Å². The molecule has 0 bridgehead atoms. The van der Waals surface area contributed by atoms with Gasteiger partial charge in [-0.15, -0.1) is 0 Å². The average molecular weight is 371 g/mol. The predicted molar refractivity (Wildman–Crippen MR) is 102 cm³/mol. The molecule has 2 fully saturated rings. The van der Waals surface area contributed by atoms with Gasteiger partial charge in [-0.05, 0) is 49.7 Å². The maximum Gasteiger partial charge on any atom is 0.119 e. The normalized spacial score (nSPS) is 30.9. The molecule has 3 rings (SSSR count). The molecule has 0 aromatic heterocycles. The van der Waals surface area contributed by atoms with Crippen molar-refractivity contribution in [1.29, 1.82) is 5.26 Å². The Kier molecular flexibility index (Phi) is 7.28. The Morgan fingerprint density at radius 3 is 2.81 bits per heavy atom. The van der Waals surface area contributed by atoms with E-state index in [1.54, 1.807) is 6.08 Å². The van der Waals surface area contributed by atoms with Gasteiger partial charge in [0.25, 0.3) is 0 Å². The fourth-order valence-corrected chi connectivity index (χ4v) is 4.42. The Balaban J connectivity index is 1.46. The summed E-state index contributed by atoms with van der Waals surface area (Å²) in [5, 5.41) is 29.2. The van der Waals surface area contributed by atoms with Crippen LogP contribution in [0.15, 0.2) is 42.5 Å². The molecule has 2 unspecified atom stereocenters. The van der Waals surface area contributed by atoms with E-state index in [2.05, 4.69) is 6.07 Å². The fraction of sp³-hybridized carbons (Fsp3) is 0.591. The fourth-order valence-electron chi connectivity index (χ4n) is 4.42. The second-order valence-corrected chi connectivity index (χ2v) is 7.61. The second-order valence-electron chi connectivity index (χ2n) is 7.61. The summed E-state index contributed by atoms with van der Waals surface area (Å²) in [6.07, 6.45) is 6.94. The summed E-state index contributed by atoms with van der Waals surface area (Å²) in [4.78, 5) is 0. The van der Waals surface area contributed by atoms with Gasteiger partial charge in [0.1, 0.15) is 18.5 Å². The third-order valence-electron chi connectivity index (χ3n) is 5.70. The topological polar surface area (TPSA) is 82.7 Å². The van der Waals surface area contributed by atoms with Gasteiger partial charge in [-0.2, -0.15) is 5.26 Å². The summed E-state index contributed by atoms with van der Waals surface area (Å²) in [7, 11) is 0. The first-order valence-electron chi connectivity index (χ1n) is 9.88. The zero-order valence-corrected chi connectivity index (χ0v) is 15.6. The van der Waals surface area contributed by atoms with Gasteiger partial charge in [-0.25, -0.2) is 0 Å². The van der Waals surface area contributed by atoms with E-state index in [1.165, 1.54) is 0 Å². The molecule has 0 heterocycles. The Bertz CT molecular complexity index is 641. The van der Waals surface area contributed by atoms with Crippen molar-refractivity contribution in [2.24, 2.45) is 17.8 Å². The van der Waals surface area contributed by atoms with Gasteiger partial charge in [0.15, 0.2) is 0 Å². The van der Waals surface area contributed by atoms with Crippen LogP contribution in [-0.2, 0) is 4.74 Å². The monoisotopic (exact) mass is 371 g/mol. The molecular formula is C22H29NO4. The number of nitrogens with zero attached hydrogens (tertiary/aromatic N) is 1. The van der Waals surface area contributed by atoms with Gasteiger partial charge >= 0.3 is 0 Å². The minimum absolute atomic E-state index is 0.0640. The molecule has 1 aromatic carbocycles. The number of rotatable bonds is 9. The van der Waals surface area contributed by atoms with Gasteiger partial charge in [-0.3, -0.25) is 0 Å². The van der Waals surface area contributed by atoms with Crippen LogP contribution in [0.4, 0.5) is 0 Å². The van der Waals surface area contributed by atoms with Crippen LogP contribution in [0.5, 0.6) is 5.75 Å².